The lowest BCUT2D eigenvalue weighted by Crippen LogP contribution is -2.62. The van der Waals surface area contributed by atoms with Crippen molar-refractivity contribution in [1.29, 1.82) is 0 Å². The molecule has 1 aliphatic carbocycles. The maximum atomic E-state index is 14.6. The van der Waals surface area contributed by atoms with E-state index in [1.54, 1.807) is 0 Å². The molecule has 0 amide bonds. The van der Waals surface area contributed by atoms with E-state index in [2.05, 4.69) is 40.9 Å². The van der Waals surface area contributed by atoms with E-state index >= 15 is 0 Å². The molecule has 18 heteroatoms. The number of esters is 1. The van der Waals surface area contributed by atoms with Crippen LogP contribution < -0.4 is 0 Å². The fourth-order valence-corrected chi connectivity index (χ4v) is 19.0. The van der Waals surface area contributed by atoms with Gasteiger partial charge in [-0.2, -0.15) is 0 Å². The molecule has 3 N–H and O–H groups in total. The third-order valence-corrected chi connectivity index (χ3v) is 22.5. The van der Waals surface area contributed by atoms with Gasteiger partial charge in [-0.25, -0.2) is 0 Å². The number of carbonyl (C=O) groups excluding carboxylic acids is 1. The maximum absolute atomic E-state index is 14.6. The number of aliphatic hydroxyl groups excluding tert-OH is 3. The fraction of sp³-hybridized carbons (Fsp3) is 0.918. The highest BCUT2D eigenvalue weighted by atomic mass is 16.8. The Balaban J connectivity index is 0.655. The van der Waals surface area contributed by atoms with E-state index in [1.807, 2.05) is 0 Å². The third kappa shape index (κ3) is 9.44. The molecule has 3 spiro atoms. The minimum absolute atomic E-state index is 0.00901. The zero-order valence-electron chi connectivity index (χ0n) is 46.8. The minimum Gasteiger partial charge on any atom is -0.459 e. The Morgan fingerprint density at radius 3 is 2.10 bits per heavy atom. The van der Waals surface area contributed by atoms with Crippen LogP contribution in [-0.2, 0) is 71.1 Å². The van der Waals surface area contributed by atoms with Crippen LogP contribution in [-0.4, -0.2) is 192 Å². The number of rotatable bonds is 4. The van der Waals surface area contributed by atoms with Crippen LogP contribution in [0.3, 0.4) is 0 Å². The van der Waals surface area contributed by atoms with Gasteiger partial charge in [-0.1, -0.05) is 40.9 Å². The van der Waals surface area contributed by atoms with Gasteiger partial charge in [0.25, 0.3) is 0 Å². The van der Waals surface area contributed by atoms with E-state index in [0.717, 1.165) is 75.4 Å². The Morgan fingerprint density at radius 1 is 0.532 bits per heavy atom. The molecule has 32 atom stereocenters. The topological polar surface area (TPSA) is 207 Å². The van der Waals surface area contributed by atoms with E-state index in [-0.39, 0.29) is 158 Å². The highest BCUT2D eigenvalue weighted by Crippen LogP contribution is 2.60. The Kier molecular flexibility index (Phi) is 13.8. The van der Waals surface area contributed by atoms with Crippen molar-refractivity contribution < 1.29 is 86.4 Å². The normalized spacial score (nSPS) is 57.2. The number of hydrogen-bond acceptors (Lipinski definition) is 18. The van der Waals surface area contributed by atoms with Crippen molar-refractivity contribution in [1.82, 2.24) is 0 Å². The molecule has 0 radical (unpaired) electrons. The van der Waals surface area contributed by atoms with Gasteiger partial charge in [0, 0.05) is 57.3 Å². The first-order valence-electron chi connectivity index (χ1n) is 31.1. The van der Waals surface area contributed by atoms with Gasteiger partial charge >= 0.3 is 5.97 Å². The first-order chi connectivity index (χ1) is 38.0. The molecule has 18 nitrogen and oxygen atoms in total. The molecule has 0 aromatic carbocycles. The molecular formula is C61H88O18. The minimum atomic E-state index is -0.991. The summed E-state index contributed by atoms with van der Waals surface area (Å²) >= 11 is 0. The fourth-order valence-electron chi connectivity index (χ4n) is 19.0. The highest BCUT2D eigenvalue weighted by molar-refractivity contribution is 5.70. The highest BCUT2D eigenvalue weighted by Gasteiger charge is 2.70. The zero-order chi connectivity index (χ0) is 54.0. The van der Waals surface area contributed by atoms with Gasteiger partial charge in [-0.15, -0.1) is 0 Å². The Labute approximate surface area is 464 Å². The molecule has 0 aromatic heterocycles. The lowest BCUT2D eigenvalue weighted by atomic mass is 9.66. The molecule has 1 saturated carbocycles. The summed E-state index contributed by atoms with van der Waals surface area (Å²) in [5, 5.41) is 30.4. The predicted octanol–water partition coefficient (Wildman–Crippen LogP) is 5.59. The quantitative estimate of drug-likeness (QED) is 0.232. The van der Waals surface area contributed by atoms with E-state index in [4.69, 9.17) is 66.3 Å². The average molecular weight is 1110 g/mol. The summed E-state index contributed by atoms with van der Waals surface area (Å²) in [7, 11) is 0. The first kappa shape index (κ1) is 54.0. The van der Waals surface area contributed by atoms with Crippen molar-refractivity contribution in [3.8, 4) is 0 Å². The van der Waals surface area contributed by atoms with Crippen LogP contribution in [0.4, 0.5) is 0 Å². The van der Waals surface area contributed by atoms with Crippen LogP contribution in [0.25, 0.3) is 0 Å². The number of fused-ring (bicyclic) bond motifs is 10. The molecular weight excluding hydrogens is 1020 g/mol. The van der Waals surface area contributed by atoms with Crippen molar-refractivity contribution in [3.63, 3.8) is 0 Å². The second-order valence-corrected chi connectivity index (χ2v) is 28.1. The van der Waals surface area contributed by atoms with Gasteiger partial charge in [-0.05, 0) is 99.0 Å². The smallest absolute Gasteiger partial charge is 0.308 e. The van der Waals surface area contributed by atoms with Crippen molar-refractivity contribution in [3.05, 3.63) is 24.3 Å². The molecule has 15 aliphatic heterocycles. The Hall–Kier alpha value is -1.69. The number of carbonyl (C=O) groups is 1. The molecule has 15 heterocycles. The third-order valence-electron chi connectivity index (χ3n) is 22.5. The second-order valence-electron chi connectivity index (χ2n) is 28.1. The number of hydrogen-bond donors (Lipinski definition) is 3. The number of ether oxygens (including phenoxy) is 14. The van der Waals surface area contributed by atoms with Crippen LogP contribution in [0.1, 0.15) is 150 Å². The predicted molar refractivity (Wildman–Crippen MR) is 277 cm³/mol. The van der Waals surface area contributed by atoms with E-state index in [9.17, 15) is 20.1 Å². The largest absolute Gasteiger partial charge is 0.459 e. The average Bonchev–Trinajstić information content (AvgIpc) is 4.26. The van der Waals surface area contributed by atoms with E-state index < -0.39 is 60.9 Å². The van der Waals surface area contributed by atoms with Crippen LogP contribution in [0.5, 0.6) is 0 Å². The van der Waals surface area contributed by atoms with E-state index in [0.29, 0.717) is 44.9 Å². The van der Waals surface area contributed by atoms with Crippen molar-refractivity contribution in [2.45, 2.75) is 313 Å². The summed E-state index contributed by atoms with van der Waals surface area (Å²) in [5.41, 5.74) is 1.82. The molecule has 79 heavy (non-hydrogen) atoms. The lowest BCUT2D eigenvalue weighted by molar-refractivity contribution is -0.293. The molecule has 2 unspecified atom stereocenters. The summed E-state index contributed by atoms with van der Waals surface area (Å²) in [6, 6.07) is 0. The molecule has 12 bridgehead atoms. The first-order valence-corrected chi connectivity index (χ1v) is 31.1. The maximum Gasteiger partial charge on any atom is 0.308 e. The molecule has 16 aliphatic rings. The van der Waals surface area contributed by atoms with Gasteiger partial charge in [0.2, 0.25) is 0 Å². The van der Waals surface area contributed by atoms with Gasteiger partial charge in [0.15, 0.2) is 11.6 Å². The molecule has 16 fully saturated rings. The van der Waals surface area contributed by atoms with Gasteiger partial charge in [0.05, 0.1) is 129 Å². The lowest BCUT2D eigenvalue weighted by Gasteiger charge is -2.51. The van der Waals surface area contributed by atoms with E-state index in [1.165, 1.54) is 0 Å². The van der Waals surface area contributed by atoms with Crippen molar-refractivity contribution in [2.75, 3.05) is 6.61 Å². The summed E-state index contributed by atoms with van der Waals surface area (Å²) in [4.78, 5) is 14.6. The summed E-state index contributed by atoms with van der Waals surface area (Å²) < 4.78 is 97.1. The molecule has 15 saturated heterocycles. The zero-order valence-corrected chi connectivity index (χ0v) is 46.8. The standard InChI is InChI=1S/C61H88O18/c1-27-13-35-7-9-39-28(2)14-37(66-39)11-12-60-25-48-55(78-60)56-57(73-48)58(79-60)54-40(70-56)10-8-36(68-54)16-49(65)74-53-32(6)52-45(69-44(53)17-41(67-35)31(27)5)19-43-47(72-52)24-61(76-43)23-33-22-59(20-29(3)50(33)77-61)21-30(4)51-46(75-59)18-42(71-51)38(64)15-34(63)26-62/h27,29-30,32-48,50-58,62-64H,2,5,7-26H2,1,3-4,6H3/t27-,29+,30+,32+,33+,34+,35+,36-,37+,38-,39?,40+,41?,42+,43-,44+,45+,46+,47-,48-,50+,51+,52+,53-,54+,55+,56+,57-,58+,59-,60+,61-/m1/s1. The molecule has 440 valence electrons. The Morgan fingerprint density at radius 2 is 1.25 bits per heavy atom. The van der Waals surface area contributed by atoms with Gasteiger partial charge in [0.1, 0.15) is 36.6 Å². The van der Waals surface area contributed by atoms with Crippen LogP contribution in [0.15, 0.2) is 24.3 Å². The summed E-state index contributed by atoms with van der Waals surface area (Å²) in [5.74, 6) is -1.27. The van der Waals surface area contributed by atoms with Crippen LogP contribution >= 0.6 is 0 Å². The molecule has 0 aromatic rings. The van der Waals surface area contributed by atoms with Crippen molar-refractivity contribution >= 4 is 5.97 Å². The second kappa shape index (κ2) is 20.2. The van der Waals surface area contributed by atoms with Gasteiger partial charge < -0.3 is 81.6 Å². The van der Waals surface area contributed by atoms with Crippen LogP contribution in [0.2, 0.25) is 0 Å². The molecule has 16 rings (SSSR count). The summed E-state index contributed by atoms with van der Waals surface area (Å²) in [6.07, 6.45) is 5.15. The SMILES string of the molecule is C=C1C[C@@H]2CC[C@@]34C[C@H]5O[C@H]6[C@@H](O3)[C@H]3O[C@H](CC[C@@H]3O[C@H]6[C@H]5O4)CC(=O)O[C@@H]3[C@@H](C)[C@@H]4O[C@@H]5C[C@]6(C[C@@H]7C[C@@]8(C[C@H](C)[C@@H]7O6)C[C@H](C)[C@@H]6O[C@H]([C@H](O)C[C@H](O)CO)C[C@@H]6O8)O[C@@H]5C[C@@H]4O[C@H]3CC3O[C@@H](CCC1O2)C[C@@H](C)C3=C. The van der Waals surface area contributed by atoms with Crippen molar-refractivity contribution in [2.24, 2.45) is 29.6 Å². The summed E-state index contributed by atoms with van der Waals surface area (Å²) in [6.45, 7) is 17.6. The Bertz CT molecular complexity index is 2340. The monoisotopic (exact) mass is 1110 g/mol. The van der Waals surface area contributed by atoms with Gasteiger partial charge in [-0.3, -0.25) is 4.79 Å². The van der Waals surface area contributed by atoms with Crippen LogP contribution in [0, 0.1) is 29.6 Å². The number of aliphatic hydroxyl groups is 3.